The molecule has 22 heteroatoms. The van der Waals surface area contributed by atoms with Gasteiger partial charge in [-0.15, -0.1) is 0 Å². The van der Waals surface area contributed by atoms with Crippen molar-refractivity contribution in [2.75, 3.05) is 36.2 Å². The summed E-state index contributed by atoms with van der Waals surface area (Å²) >= 11 is 13.6. The molecule has 118 heavy (non-hydrogen) atoms. The van der Waals surface area contributed by atoms with Crippen molar-refractivity contribution in [2.24, 2.45) is 0 Å². The third-order valence-electron chi connectivity index (χ3n) is 21.1. The lowest BCUT2D eigenvalue weighted by Gasteiger charge is -2.35. The summed E-state index contributed by atoms with van der Waals surface area (Å²) < 4.78 is 48.8. The molecular formula is C96H94Br4N2O16. The van der Waals surface area contributed by atoms with E-state index in [1.165, 1.54) is 9.80 Å². The largest absolute Gasteiger partial charge is 0.464 e. The van der Waals surface area contributed by atoms with Crippen molar-refractivity contribution < 1.29 is 76.3 Å². The monoisotopic (exact) mass is 1850 g/mol. The molecule has 0 fully saturated rings. The molecule has 11 aromatic carbocycles. The maximum Gasteiger partial charge on any atom is 0.322 e. The fourth-order valence-electron chi connectivity index (χ4n) is 14.9. The molecule has 612 valence electrons. The summed E-state index contributed by atoms with van der Waals surface area (Å²) in [6.07, 6.45) is 1.41. The number of esters is 4. The number of fused-ring (bicyclic) bond motifs is 2. The summed E-state index contributed by atoms with van der Waals surface area (Å²) in [6.45, 7) is 30.1. The number of amides is 4. The number of benzene rings is 11. The van der Waals surface area contributed by atoms with E-state index in [4.69, 9.17) is 37.9 Å². The SMILES string of the molecule is CC(C)c1cccc(C(C)C)c1N1C(=O)c2cc(Oc3ccc(CCOC(=O)C(C)(C)Br)cc3)c3c4c(Oc5ccc(CCOC(=O)C(C)(C)Br)cc5)cc5c6c(cc(Oc7ccc(CCOC(=O)C(C)(C)Br)cc7)c(c7c(Oc8ccc(CCOC(=O)C(C)(C)Br)cc8)cc(c2c37)C1=O)c64)C(=O)N(c1c(C(C)C)cccc1C(C)C)C5=O. The summed E-state index contributed by atoms with van der Waals surface area (Å²) in [6, 6.07) is 47.2. The van der Waals surface area contributed by atoms with E-state index < -0.39 is 64.8 Å². The highest BCUT2D eigenvalue weighted by Crippen LogP contribution is 2.59. The van der Waals surface area contributed by atoms with Crippen LogP contribution in [0.1, 0.15) is 220 Å². The van der Waals surface area contributed by atoms with Crippen molar-refractivity contribution in [1.29, 1.82) is 0 Å². The summed E-state index contributed by atoms with van der Waals surface area (Å²) in [5, 5.41) is 2.11. The molecule has 2 aliphatic heterocycles. The molecule has 0 saturated heterocycles. The van der Waals surface area contributed by atoms with Crippen LogP contribution in [0, 0.1) is 0 Å². The second-order valence-corrected chi connectivity index (χ2v) is 41.1. The minimum absolute atomic E-state index is 0.0807. The molecule has 0 bridgehead atoms. The highest BCUT2D eigenvalue weighted by atomic mass is 79.9. The molecular weight excluding hydrogens is 1760 g/mol. The number of nitrogens with zero attached hydrogens (tertiary/aromatic N) is 2. The van der Waals surface area contributed by atoms with Crippen LogP contribution >= 0.6 is 63.7 Å². The Bertz CT molecular complexity index is 5120. The number of carbonyl (C=O) groups excluding carboxylic acids is 8. The van der Waals surface area contributed by atoms with Crippen LogP contribution in [-0.2, 0) is 63.8 Å². The van der Waals surface area contributed by atoms with Crippen molar-refractivity contribution in [3.8, 4) is 46.0 Å². The first-order valence-corrected chi connectivity index (χ1v) is 42.8. The average molecular weight is 1850 g/mol. The predicted molar refractivity (Wildman–Crippen MR) is 476 cm³/mol. The van der Waals surface area contributed by atoms with E-state index in [1.54, 1.807) is 128 Å². The van der Waals surface area contributed by atoms with Gasteiger partial charge >= 0.3 is 23.9 Å². The van der Waals surface area contributed by atoms with Crippen LogP contribution in [0.4, 0.5) is 11.4 Å². The first-order valence-electron chi connectivity index (χ1n) is 39.6. The molecule has 18 nitrogen and oxygen atoms in total. The minimum Gasteiger partial charge on any atom is -0.464 e. The molecule has 0 spiro atoms. The second kappa shape index (κ2) is 34.0. The molecule has 0 unspecified atom stereocenters. The third kappa shape index (κ3) is 17.6. The minimum atomic E-state index is -0.908. The maximum absolute atomic E-state index is 16.8. The molecule has 0 N–H and O–H groups in total. The molecule has 11 aromatic rings. The fraction of sp³-hybridized carbons (Fsp3) is 0.333. The zero-order chi connectivity index (χ0) is 85.1. The Balaban J connectivity index is 1.16. The van der Waals surface area contributed by atoms with Crippen LogP contribution < -0.4 is 28.7 Å². The first-order chi connectivity index (χ1) is 55.7. The van der Waals surface area contributed by atoms with Crippen LogP contribution in [0.15, 0.2) is 158 Å². The fourth-order valence-corrected chi connectivity index (χ4v) is 15.4. The van der Waals surface area contributed by atoms with E-state index in [0.717, 1.165) is 44.5 Å². The number of imide groups is 2. The van der Waals surface area contributed by atoms with Crippen LogP contribution in [-0.4, -0.2) is 91.2 Å². The molecule has 2 heterocycles. The average Bonchev–Trinajstić information content (AvgIpc) is 0.669. The molecule has 0 saturated carbocycles. The summed E-state index contributed by atoms with van der Waals surface area (Å²) in [5.74, 6) is -3.47. The van der Waals surface area contributed by atoms with Crippen molar-refractivity contribution >= 4 is 166 Å². The van der Waals surface area contributed by atoms with Gasteiger partial charge < -0.3 is 37.9 Å². The summed E-state index contributed by atoms with van der Waals surface area (Å²) in [4.78, 5) is 121. The lowest BCUT2D eigenvalue weighted by molar-refractivity contribution is -0.146. The molecule has 13 rings (SSSR count). The van der Waals surface area contributed by atoms with E-state index in [-0.39, 0.29) is 138 Å². The topological polar surface area (TPSA) is 217 Å². The Morgan fingerprint density at radius 3 is 0.669 bits per heavy atom. The Morgan fingerprint density at radius 1 is 0.297 bits per heavy atom. The van der Waals surface area contributed by atoms with E-state index in [9.17, 15) is 19.2 Å². The number of ether oxygens (including phenoxy) is 8. The molecule has 4 amide bonds. The van der Waals surface area contributed by atoms with E-state index in [0.29, 0.717) is 60.1 Å². The van der Waals surface area contributed by atoms with Gasteiger partial charge in [0.25, 0.3) is 23.6 Å². The van der Waals surface area contributed by atoms with Gasteiger partial charge in [-0.25, -0.2) is 9.80 Å². The number of rotatable bonds is 30. The molecule has 0 radical (unpaired) electrons. The predicted octanol–water partition coefficient (Wildman–Crippen LogP) is 24.0. The van der Waals surface area contributed by atoms with Crippen LogP contribution in [0.3, 0.4) is 0 Å². The highest BCUT2D eigenvalue weighted by Gasteiger charge is 2.45. The summed E-state index contributed by atoms with van der Waals surface area (Å²) in [5.41, 5.74) is 7.45. The lowest BCUT2D eigenvalue weighted by Crippen LogP contribution is -2.42. The molecule has 0 aromatic heterocycles. The van der Waals surface area contributed by atoms with Crippen molar-refractivity contribution in [1.82, 2.24) is 0 Å². The zero-order valence-electron chi connectivity index (χ0n) is 68.9. The molecule has 0 aliphatic carbocycles. The van der Waals surface area contributed by atoms with Gasteiger partial charge in [-0.2, -0.15) is 0 Å². The Kier molecular flexibility index (Phi) is 24.8. The number of carbonyl (C=O) groups is 8. The van der Waals surface area contributed by atoms with Crippen molar-refractivity contribution in [2.45, 2.75) is 177 Å². The number of para-hydroxylation sites is 2. The van der Waals surface area contributed by atoms with E-state index in [1.807, 2.05) is 140 Å². The van der Waals surface area contributed by atoms with Crippen LogP contribution in [0.5, 0.6) is 46.0 Å². The van der Waals surface area contributed by atoms with Gasteiger partial charge in [0.05, 0.1) is 60.1 Å². The Morgan fingerprint density at radius 2 is 0.492 bits per heavy atom. The number of alkyl halides is 4. The first kappa shape index (κ1) is 85.9. The van der Waals surface area contributed by atoms with Crippen molar-refractivity contribution in [3.05, 3.63) is 224 Å². The Hall–Kier alpha value is -10.0. The van der Waals surface area contributed by atoms with Gasteiger partial charge in [0.1, 0.15) is 63.3 Å². The van der Waals surface area contributed by atoms with Crippen LogP contribution in [0.25, 0.3) is 43.1 Å². The number of anilines is 2. The smallest absolute Gasteiger partial charge is 0.322 e. The quantitative estimate of drug-likeness (QED) is 0.0102. The number of halogens is 4. The van der Waals surface area contributed by atoms with Crippen molar-refractivity contribution in [3.63, 3.8) is 0 Å². The van der Waals surface area contributed by atoms with E-state index >= 15 is 19.2 Å². The normalized spacial score (nSPS) is 13.3. The number of hydrogen-bond acceptors (Lipinski definition) is 16. The zero-order valence-corrected chi connectivity index (χ0v) is 75.3. The third-order valence-corrected chi connectivity index (χ3v) is 22.4. The molecule has 0 atom stereocenters. The van der Waals surface area contributed by atoms with Crippen LogP contribution in [0.2, 0.25) is 0 Å². The second-order valence-electron chi connectivity index (χ2n) is 33.2. The summed E-state index contributed by atoms with van der Waals surface area (Å²) in [7, 11) is 0. The van der Waals surface area contributed by atoms with E-state index in [2.05, 4.69) is 63.7 Å². The van der Waals surface area contributed by atoms with Gasteiger partial charge in [0.15, 0.2) is 0 Å². The number of hydrogen-bond donors (Lipinski definition) is 0. The van der Waals surface area contributed by atoms with Gasteiger partial charge in [-0.1, -0.05) is 204 Å². The standard InChI is InChI=1S/C96H94Br4N2O16/c1-51(2)63-19-17-20-64(52(3)4)83(63)101-85(103)67-47-71(115-59-31-23-55(24-32-59)39-43-111-89(107)93(9,10)97)77-79-73(117-61-35-27-57(28-36-61)41-45-113-91(109)95(13,14)99)49-69-76-70(88(106)102(87(69)105)84-65(53(5)6)21-18-22-66(84)54(7)8)50-74(118-62-37-29-58(30-38-62)42-46-114-92(110)96(15,16)100)80(82(76)79)78-72(48-68(86(101)104)75(67)81(77)78)116-60-33-25-56(26-34-60)40-44-112-90(108)94(11,12)98/h17-38,47-54H,39-46H2,1-16H3. The lowest BCUT2D eigenvalue weighted by atomic mass is 9.80. The Labute approximate surface area is 720 Å². The highest BCUT2D eigenvalue weighted by molar-refractivity contribution is 9.10. The van der Waals surface area contributed by atoms with Gasteiger partial charge in [0.2, 0.25) is 0 Å². The van der Waals surface area contributed by atoms with Gasteiger partial charge in [0, 0.05) is 68.8 Å². The van der Waals surface area contributed by atoms with Gasteiger partial charge in [-0.3, -0.25) is 38.4 Å². The molecule has 2 aliphatic rings. The van der Waals surface area contributed by atoms with Gasteiger partial charge in [-0.05, 0) is 196 Å². The maximum atomic E-state index is 16.8.